The minimum absolute atomic E-state index is 0.338. The first-order valence-corrected chi connectivity index (χ1v) is 7.15. The molecule has 20 heavy (non-hydrogen) atoms. The highest BCUT2D eigenvalue weighted by Gasteiger charge is 2.07. The second-order valence-corrected chi connectivity index (χ2v) is 5.62. The van der Waals surface area contributed by atoms with Crippen LogP contribution in [0.4, 0.5) is 0 Å². The Kier molecular flexibility index (Phi) is 5.17. The number of ether oxygens (including phenoxy) is 1. The molecule has 0 spiro atoms. The van der Waals surface area contributed by atoms with Crippen LogP contribution in [0.1, 0.15) is 24.2 Å². The Morgan fingerprint density at radius 1 is 1.00 bits per heavy atom. The van der Waals surface area contributed by atoms with Gasteiger partial charge in [-0.05, 0) is 42.3 Å². The van der Waals surface area contributed by atoms with Gasteiger partial charge in [-0.2, -0.15) is 0 Å². The van der Waals surface area contributed by atoms with E-state index in [1.807, 2.05) is 6.07 Å². The summed E-state index contributed by atoms with van der Waals surface area (Å²) in [5.41, 5.74) is 1.65. The molecule has 0 radical (unpaired) electrons. The van der Waals surface area contributed by atoms with Crippen LogP contribution in [0.2, 0.25) is 15.1 Å². The molecule has 0 saturated carbocycles. The van der Waals surface area contributed by atoms with Gasteiger partial charge in [-0.25, -0.2) is 0 Å². The van der Waals surface area contributed by atoms with Crippen LogP contribution in [0, 0.1) is 0 Å². The molecule has 0 amide bonds. The van der Waals surface area contributed by atoms with E-state index < -0.39 is 6.10 Å². The number of hydrogen-bond acceptors (Lipinski definition) is 2. The lowest BCUT2D eigenvalue weighted by molar-refractivity contribution is 0.199. The fourth-order valence-corrected chi connectivity index (χ4v) is 2.25. The van der Waals surface area contributed by atoms with E-state index in [1.54, 1.807) is 37.3 Å². The molecule has 0 heterocycles. The van der Waals surface area contributed by atoms with E-state index in [1.165, 1.54) is 0 Å². The highest BCUT2D eigenvalue weighted by Crippen LogP contribution is 2.29. The van der Waals surface area contributed by atoms with Crippen LogP contribution in [0.5, 0.6) is 5.75 Å². The minimum Gasteiger partial charge on any atom is -0.487 e. The number of benzene rings is 2. The molecule has 5 heteroatoms. The smallest absolute Gasteiger partial charge is 0.138 e. The maximum Gasteiger partial charge on any atom is 0.138 e. The number of rotatable bonds is 4. The summed E-state index contributed by atoms with van der Waals surface area (Å²) in [6.45, 7) is 2.02. The van der Waals surface area contributed by atoms with Crippen LogP contribution in [0.25, 0.3) is 0 Å². The third kappa shape index (κ3) is 3.80. The van der Waals surface area contributed by atoms with E-state index in [0.29, 0.717) is 27.4 Å². The van der Waals surface area contributed by atoms with Crippen molar-refractivity contribution in [1.82, 2.24) is 0 Å². The van der Waals surface area contributed by atoms with Gasteiger partial charge in [0.1, 0.15) is 12.4 Å². The van der Waals surface area contributed by atoms with Gasteiger partial charge in [-0.3, -0.25) is 0 Å². The first kappa shape index (κ1) is 15.5. The van der Waals surface area contributed by atoms with Gasteiger partial charge in [0.05, 0.1) is 21.2 Å². The summed E-state index contributed by atoms with van der Waals surface area (Å²) < 4.78 is 5.64. The minimum atomic E-state index is -0.559. The van der Waals surface area contributed by atoms with Gasteiger partial charge >= 0.3 is 0 Å². The highest BCUT2D eigenvalue weighted by atomic mass is 35.5. The second kappa shape index (κ2) is 6.68. The Bertz CT molecular complexity index is 612. The van der Waals surface area contributed by atoms with Crippen molar-refractivity contribution in [3.63, 3.8) is 0 Å². The summed E-state index contributed by atoms with van der Waals surface area (Å²) >= 11 is 17.9. The molecule has 0 bridgehead atoms. The molecule has 0 aliphatic carbocycles. The highest BCUT2D eigenvalue weighted by molar-refractivity contribution is 6.42. The predicted octanol–water partition coefficient (Wildman–Crippen LogP) is 5.28. The number of halogens is 3. The van der Waals surface area contributed by atoms with E-state index in [9.17, 15) is 5.11 Å². The lowest BCUT2D eigenvalue weighted by Gasteiger charge is -2.11. The zero-order valence-corrected chi connectivity index (χ0v) is 13.0. The largest absolute Gasteiger partial charge is 0.487 e. The van der Waals surface area contributed by atoms with Crippen LogP contribution in [0.15, 0.2) is 36.4 Å². The average Bonchev–Trinajstić information content (AvgIpc) is 2.41. The maximum atomic E-state index is 9.48. The molecule has 0 saturated heterocycles. The molecule has 106 valence electrons. The fourth-order valence-electron chi connectivity index (χ4n) is 1.68. The molecule has 2 aromatic rings. The van der Waals surface area contributed by atoms with Crippen molar-refractivity contribution in [3.8, 4) is 5.75 Å². The Morgan fingerprint density at radius 2 is 1.75 bits per heavy atom. The Morgan fingerprint density at radius 3 is 2.35 bits per heavy atom. The lowest BCUT2D eigenvalue weighted by Crippen LogP contribution is -1.97. The van der Waals surface area contributed by atoms with Crippen molar-refractivity contribution in [2.75, 3.05) is 0 Å². The number of aliphatic hydroxyl groups is 1. The molecule has 0 fully saturated rings. The van der Waals surface area contributed by atoms with E-state index in [2.05, 4.69) is 0 Å². The number of aliphatic hydroxyl groups excluding tert-OH is 1. The molecule has 0 aliphatic rings. The van der Waals surface area contributed by atoms with Crippen molar-refractivity contribution < 1.29 is 9.84 Å². The standard InChI is InChI=1S/C15H13Cl3O2/c1-9(19)11-3-5-15(14(18)7-11)20-8-10-2-4-12(16)13(17)6-10/h2-7,9,19H,8H2,1H3. The quantitative estimate of drug-likeness (QED) is 0.826. The Balaban J connectivity index is 2.09. The third-order valence-electron chi connectivity index (χ3n) is 2.82. The van der Waals surface area contributed by atoms with Crippen LogP contribution in [-0.4, -0.2) is 5.11 Å². The molecule has 0 aromatic heterocycles. The van der Waals surface area contributed by atoms with Gasteiger partial charge in [-0.1, -0.05) is 46.9 Å². The van der Waals surface area contributed by atoms with Crippen LogP contribution in [-0.2, 0) is 6.61 Å². The van der Waals surface area contributed by atoms with Gasteiger partial charge in [-0.15, -0.1) is 0 Å². The summed E-state index contributed by atoms with van der Waals surface area (Å²) in [5.74, 6) is 0.558. The third-order valence-corrected chi connectivity index (χ3v) is 3.85. The summed E-state index contributed by atoms with van der Waals surface area (Å²) in [5, 5.41) is 10.9. The second-order valence-electron chi connectivity index (χ2n) is 4.40. The lowest BCUT2D eigenvalue weighted by atomic mass is 10.1. The van der Waals surface area contributed by atoms with Crippen LogP contribution in [0.3, 0.4) is 0 Å². The van der Waals surface area contributed by atoms with E-state index in [0.717, 1.165) is 11.1 Å². The zero-order chi connectivity index (χ0) is 14.7. The van der Waals surface area contributed by atoms with Crippen molar-refractivity contribution >= 4 is 34.8 Å². The fraction of sp³-hybridized carbons (Fsp3) is 0.200. The van der Waals surface area contributed by atoms with Gasteiger partial charge in [0.15, 0.2) is 0 Å². The van der Waals surface area contributed by atoms with Gasteiger partial charge in [0, 0.05) is 0 Å². The van der Waals surface area contributed by atoms with E-state index in [4.69, 9.17) is 39.5 Å². The molecule has 1 N–H and O–H groups in total. The van der Waals surface area contributed by atoms with Gasteiger partial charge < -0.3 is 9.84 Å². The van der Waals surface area contributed by atoms with Crippen molar-refractivity contribution in [1.29, 1.82) is 0 Å². The van der Waals surface area contributed by atoms with Gasteiger partial charge in [0.2, 0.25) is 0 Å². The summed E-state index contributed by atoms with van der Waals surface area (Å²) in [7, 11) is 0. The van der Waals surface area contributed by atoms with Crippen molar-refractivity contribution in [2.45, 2.75) is 19.6 Å². The predicted molar refractivity (Wildman–Crippen MR) is 82.9 cm³/mol. The molecule has 2 aromatic carbocycles. The molecule has 0 aliphatic heterocycles. The van der Waals surface area contributed by atoms with Crippen molar-refractivity contribution in [2.24, 2.45) is 0 Å². The molecule has 2 rings (SSSR count). The zero-order valence-electron chi connectivity index (χ0n) is 10.7. The average molecular weight is 332 g/mol. The van der Waals surface area contributed by atoms with E-state index in [-0.39, 0.29) is 0 Å². The first-order chi connectivity index (χ1) is 9.47. The molecule has 2 nitrogen and oxygen atoms in total. The molecular weight excluding hydrogens is 319 g/mol. The molecule has 1 atom stereocenters. The summed E-state index contributed by atoms with van der Waals surface area (Å²) in [6.07, 6.45) is -0.559. The van der Waals surface area contributed by atoms with E-state index >= 15 is 0 Å². The number of hydrogen-bond donors (Lipinski definition) is 1. The maximum absolute atomic E-state index is 9.48. The van der Waals surface area contributed by atoms with Crippen LogP contribution >= 0.6 is 34.8 Å². The summed E-state index contributed by atoms with van der Waals surface area (Å²) in [4.78, 5) is 0. The molecule has 1 unspecified atom stereocenters. The Hall–Kier alpha value is -0.930. The van der Waals surface area contributed by atoms with Gasteiger partial charge in [0.25, 0.3) is 0 Å². The molecular formula is C15H13Cl3O2. The normalized spacial score (nSPS) is 12.2. The first-order valence-electron chi connectivity index (χ1n) is 6.01. The van der Waals surface area contributed by atoms with Crippen LogP contribution < -0.4 is 4.74 Å². The van der Waals surface area contributed by atoms with Crippen molar-refractivity contribution in [3.05, 3.63) is 62.6 Å². The topological polar surface area (TPSA) is 29.5 Å². The summed E-state index contributed by atoms with van der Waals surface area (Å²) in [6, 6.07) is 10.5. The Labute approximate surface area is 132 Å². The monoisotopic (exact) mass is 330 g/mol. The SMILES string of the molecule is CC(O)c1ccc(OCc2ccc(Cl)c(Cl)c2)c(Cl)c1.